The second-order valence-electron chi connectivity index (χ2n) is 5.28. The molecule has 2 aromatic rings. The lowest BCUT2D eigenvalue weighted by Crippen LogP contribution is -2.08. The average molecular weight is 251 g/mol. The Morgan fingerprint density at radius 2 is 2.05 bits per heavy atom. The number of rotatable bonds is 1. The molecule has 0 amide bonds. The van der Waals surface area contributed by atoms with E-state index >= 15 is 0 Å². The number of nitrogens with one attached hydrogen (secondary N) is 1. The van der Waals surface area contributed by atoms with Gasteiger partial charge in [0.2, 0.25) is 0 Å². The average Bonchev–Trinajstić information content (AvgIpc) is 2.95. The third kappa shape index (κ3) is 1.79. The van der Waals surface area contributed by atoms with E-state index in [-0.39, 0.29) is 0 Å². The van der Waals surface area contributed by atoms with Crippen LogP contribution in [0.4, 0.5) is 5.69 Å². The minimum atomic E-state index is 0.858. The van der Waals surface area contributed by atoms with Crippen molar-refractivity contribution in [1.29, 1.82) is 0 Å². The second kappa shape index (κ2) is 4.30. The van der Waals surface area contributed by atoms with Gasteiger partial charge >= 0.3 is 0 Å². The topological polar surface area (TPSA) is 21.3 Å². The normalized spacial score (nSPS) is 16.2. The van der Waals surface area contributed by atoms with Crippen LogP contribution in [0, 0.1) is 0 Å². The van der Waals surface area contributed by atoms with Gasteiger partial charge in [-0.15, -0.1) is 0 Å². The summed E-state index contributed by atoms with van der Waals surface area (Å²) in [6, 6.07) is 13.2. The van der Waals surface area contributed by atoms with Crippen molar-refractivity contribution in [3.8, 4) is 16.9 Å². The molecular weight excluding hydrogens is 234 g/mol. The first-order valence-electron chi connectivity index (χ1n) is 7.04. The van der Waals surface area contributed by atoms with Gasteiger partial charge in [0.25, 0.3) is 0 Å². The molecule has 0 saturated carbocycles. The molecule has 1 N–H and O–H groups in total. The van der Waals surface area contributed by atoms with Gasteiger partial charge in [-0.05, 0) is 59.7 Å². The van der Waals surface area contributed by atoms with Gasteiger partial charge in [0.1, 0.15) is 5.75 Å². The summed E-state index contributed by atoms with van der Waals surface area (Å²) in [5.74, 6) is 1.07. The zero-order valence-corrected chi connectivity index (χ0v) is 10.9. The van der Waals surface area contributed by atoms with Crippen molar-refractivity contribution >= 4 is 5.69 Å². The Balaban J connectivity index is 1.83. The van der Waals surface area contributed by atoms with Crippen LogP contribution in [0.5, 0.6) is 5.75 Å². The Bertz CT molecular complexity index is 633. The third-order valence-corrected chi connectivity index (χ3v) is 4.09. The summed E-state index contributed by atoms with van der Waals surface area (Å²) in [6.45, 7) is 1.91. The molecule has 2 aromatic carbocycles. The van der Waals surface area contributed by atoms with Crippen molar-refractivity contribution < 1.29 is 4.74 Å². The van der Waals surface area contributed by atoms with Crippen molar-refractivity contribution in [2.75, 3.05) is 18.5 Å². The number of aryl methyl sites for hydroxylation is 1. The van der Waals surface area contributed by atoms with E-state index in [2.05, 4.69) is 41.7 Å². The first kappa shape index (κ1) is 10.9. The number of hydrogen-bond donors (Lipinski definition) is 1. The molecular formula is C17H17NO. The lowest BCUT2D eigenvalue weighted by atomic mass is 9.94. The molecule has 4 rings (SSSR count). The van der Waals surface area contributed by atoms with E-state index in [1.165, 1.54) is 27.9 Å². The fraction of sp³-hybridized carbons (Fsp3) is 0.294. The van der Waals surface area contributed by atoms with Gasteiger partial charge in [0.05, 0.1) is 6.61 Å². The molecule has 0 fully saturated rings. The molecule has 2 heteroatoms. The van der Waals surface area contributed by atoms with Gasteiger partial charge in [-0.3, -0.25) is 0 Å². The zero-order valence-electron chi connectivity index (χ0n) is 10.9. The van der Waals surface area contributed by atoms with E-state index in [0.717, 1.165) is 38.2 Å². The lowest BCUT2D eigenvalue weighted by Gasteiger charge is -2.18. The molecule has 0 aliphatic carbocycles. The smallest absolute Gasteiger partial charge is 0.122 e. The van der Waals surface area contributed by atoms with Crippen molar-refractivity contribution in [2.24, 2.45) is 0 Å². The summed E-state index contributed by atoms with van der Waals surface area (Å²) < 4.78 is 5.69. The maximum Gasteiger partial charge on any atom is 0.122 e. The summed E-state index contributed by atoms with van der Waals surface area (Å²) in [5.41, 5.74) is 6.80. The van der Waals surface area contributed by atoms with E-state index in [9.17, 15) is 0 Å². The molecule has 0 atom stereocenters. The van der Waals surface area contributed by atoms with Gasteiger partial charge in [-0.1, -0.05) is 18.2 Å². The molecule has 0 radical (unpaired) electrons. The Morgan fingerprint density at radius 3 is 3.05 bits per heavy atom. The maximum absolute atomic E-state index is 5.69. The molecule has 2 heterocycles. The SMILES string of the molecule is c1cc2c(c(-c3ccc4c(c3)CCCO4)c1)CCN2. The van der Waals surface area contributed by atoms with E-state index in [1.54, 1.807) is 0 Å². The Labute approximate surface area is 113 Å². The van der Waals surface area contributed by atoms with Crippen LogP contribution in [0.25, 0.3) is 11.1 Å². The second-order valence-corrected chi connectivity index (χ2v) is 5.28. The van der Waals surface area contributed by atoms with Crippen LogP contribution in [0.3, 0.4) is 0 Å². The molecule has 0 saturated heterocycles. The fourth-order valence-electron chi connectivity index (χ4n) is 3.14. The highest BCUT2D eigenvalue weighted by Crippen LogP contribution is 2.35. The number of anilines is 1. The number of ether oxygens (including phenoxy) is 1. The number of fused-ring (bicyclic) bond motifs is 2. The van der Waals surface area contributed by atoms with Gasteiger partial charge in [0, 0.05) is 12.2 Å². The molecule has 96 valence electrons. The maximum atomic E-state index is 5.69. The van der Waals surface area contributed by atoms with Crippen LogP contribution in [-0.2, 0) is 12.8 Å². The van der Waals surface area contributed by atoms with Crippen LogP contribution in [0.1, 0.15) is 17.5 Å². The molecule has 0 spiro atoms. The fourth-order valence-corrected chi connectivity index (χ4v) is 3.14. The predicted octanol–water partition coefficient (Wildman–Crippen LogP) is 3.65. The Hall–Kier alpha value is -1.96. The van der Waals surface area contributed by atoms with Gasteiger partial charge < -0.3 is 10.1 Å². The van der Waals surface area contributed by atoms with Crippen molar-refractivity contribution in [1.82, 2.24) is 0 Å². The molecule has 2 aliphatic heterocycles. The molecule has 0 bridgehead atoms. The van der Waals surface area contributed by atoms with E-state index in [1.807, 2.05) is 0 Å². The summed E-state index contributed by atoms with van der Waals surface area (Å²) in [7, 11) is 0. The zero-order chi connectivity index (χ0) is 12.7. The van der Waals surface area contributed by atoms with Crippen LogP contribution >= 0.6 is 0 Å². The van der Waals surface area contributed by atoms with Gasteiger partial charge in [0.15, 0.2) is 0 Å². The largest absolute Gasteiger partial charge is 0.493 e. The summed E-state index contributed by atoms with van der Waals surface area (Å²) >= 11 is 0. The van der Waals surface area contributed by atoms with E-state index in [0.29, 0.717) is 0 Å². The quantitative estimate of drug-likeness (QED) is 0.835. The van der Waals surface area contributed by atoms with Crippen molar-refractivity contribution in [2.45, 2.75) is 19.3 Å². The van der Waals surface area contributed by atoms with Crippen LogP contribution in [0.2, 0.25) is 0 Å². The van der Waals surface area contributed by atoms with Crippen LogP contribution in [0.15, 0.2) is 36.4 Å². The van der Waals surface area contributed by atoms with Crippen molar-refractivity contribution in [3.05, 3.63) is 47.5 Å². The monoisotopic (exact) mass is 251 g/mol. The Morgan fingerprint density at radius 1 is 1.05 bits per heavy atom. The van der Waals surface area contributed by atoms with Crippen molar-refractivity contribution in [3.63, 3.8) is 0 Å². The number of hydrogen-bond acceptors (Lipinski definition) is 2. The molecule has 0 unspecified atom stereocenters. The minimum absolute atomic E-state index is 0.858. The molecule has 19 heavy (non-hydrogen) atoms. The number of benzene rings is 2. The van der Waals surface area contributed by atoms with Gasteiger partial charge in [-0.25, -0.2) is 0 Å². The predicted molar refractivity (Wildman–Crippen MR) is 77.9 cm³/mol. The summed E-state index contributed by atoms with van der Waals surface area (Å²) in [4.78, 5) is 0. The third-order valence-electron chi connectivity index (χ3n) is 4.09. The van der Waals surface area contributed by atoms with Crippen LogP contribution < -0.4 is 10.1 Å². The highest BCUT2D eigenvalue weighted by molar-refractivity contribution is 5.76. The summed E-state index contributed by atoms with van der Waals surface area (Å²) in [5, 5.41) is 3.45. The first-order valence-corrected chi connectivity index (χ1v) is 7.04. The highest BCUT2D eigenvalue weighted by atomic mass is 16.5. The summed E-state index contributed by atoms with van der Waals surface area (Å²) in [6.07, 6.45) is 3.39. The molecule has 0 aromatic heterocycles. The Kier molecular flexibility index (Phi) is 2.47. The van der Waals surface area contributed by atoms with E-state index in [4.69, 9.17) is 4.74 Å². The minimum Gasteiger partial charge on any atom is -0.493 e. The lowest BCUT2D eigenvalue weighted by molar-refractivity contribution is 0.288. The van der Waals surface area contributed by atoms with Crippen LogP contribution in [-0.4, -0.2) is 13.2 Å². The highest BCUT2D eigenvalue weighted by Gasteiger charge is 2.16. The molecule has 2 aliphatic rings. The molecule has 2 nitrogen and oxygen atoms in total. The first-order chi connectivity index (χ1) is 9.42. The van der Waals surface area contributed by atoms with E-state index < -0.39 is 0 Å². The van der Waals surface area contributed by atoms with Gasteiger partial charge in [-0.2, -0.15) is 0 Å². The standard InChI is InChI=1S/C17H17NO/c1-4-14(15-8-9-18-16(15)5-1)12-6-7-17-13(11-12)3-2-10-19-17/h1,4-7,11,18H,2-3,8-10H2.